The Kier molecular flexibility index (Phi) is 5.46. The molecule has 11 nitrogen and oxygen atoms in total. The zero-order valence-electron chi connectivity index (χ0n) is 14.8. The van der Waals surface area contributed by atoms with Crippen LogP contribution in [-0.4, -0.2) is 51.6 Å². The molecule has 1 aromatic heterocycles. The van der Waals surface area contributed by atoms with Crippen LogP contribution in [0.3, 0.4) is 0 Å². The van der Waals surface area contributed by atoms with Crippen molar-refractivity contribution < 1.29 is 29.2 Å². The first kappa shape index (κ1) is 18.8. The summed E-state index contributed by atoms with van der Waals surface area (Å²) in [6.07, 6.45) is 7.50. The van der Waals surface area contributed by atoms with Crippen LogP contribution in [0.15, 0.2) is 60.2 Å². The summed E-state index contributed by atoms with van der Waals surface area (Å²) in [6.45, 7) is 0. The summed E-state index contributed by atoms with van der Waals surface area (Å²) in [6, 6.07) is 4.54. The number of ether oxygens (including phenoxy) is 2. The van der Waals surface area contributed by atoms with Gasteiger partial charge < -0.3 is 19.3 Å². The van der Waals surface area contributed by atoms with Crippen molar-refractivity contribution in [3.63, 3.8) is 0 Å². The molecule has 0 saturated carbocycles. The number of hydrogen-bond acceptors (Lipinski definition) is 10. The molecule has 1 N–H and O–H groups in total. The van der Waals surface area contributed by atoms with E-state index >= 15 is 0 Å². The highest BCUT2D eigenvalue weighted by molar-refractivity contribution is 6.05. The van der Waals surface area contributed by atoms with Gasteiger partial charge in [0.1, 0.15) is 12.0 Å². The van der Waals surface area contributed by atoms with E-state index in [1.54, 1.807) is 24.4 Å². The van der Waals surface area contributed by atoms with Crippen LogP contribution in [-0.2, 0) is 19.1 Å². The third-order valence-electron chi connectivity index (χ3n) is 3.76. The van der Waals surface area contributed by atoms with Crippen molar-refractivity contribution in [2.45, 2.75) is 0 Å². The lowest BCUT2D eigenvalue weighted by Crippen LogP contribution is -2.27. The average Bonchev–Trinajstić information content (AvgIpc) is 3.18. The van der Waals surface area contributed by atoms with Gasteiger partial charge in [-0.2, -0.15) is 0 Å². The summed E-state index contributed by atoms with van der Waals surface area (Å²) >= 11 is 0. The monoisotopic (exact) mass is 385 g/mol. The number of anilines is 1. The lowest BCUT2D eigenvalue weighted by molar-refractivity contribution is -0.139. The van der Waals surface area contributed by atoms with Gasteiger partial charge in [0.25, 0.3) is 0 Å². The molecule has 1 aliphatic heterocycles. The minimum atomic E-state index is -0.768. The average molecular weight is 385 g/mol. The Hall–Kier alpha value is -3.99. The molecule has 2 heterocycles. The Morgan fingerprint density at radius 2 is 1.79 bits per heavy atom. The first-order valence-electron chi connectivity index (χ1n) is 7.84. The maximum atomic E-state index is 12.5. The fraction of sp³-hybridized carbons (Fsp3) is 0.118. The molecule has 0 radical (unpaired) electrons. The minimum Gasteiger partial charge on any atom is -0.465 e. The highest BCUT2D eigenvalue weighted by Gasteiger charge is 2.28. The summed E-state index contributed by atoms with van der Waals surface area (Å²) in [4.78, 5) is 30.5. The Bertz CT molecular complexity index is 980. The summed E-state index contributed by atoms with van der Waals surface area (Å²) in [5, 5.41) is 20.1. The largest absolute Gasteiger partial charge is 0.465 e. The van der Waals surface area contributed by atoms with Crippen LogP contribution in [0, 0.1) is 0 Å². The number of carbonyl (C=O) groups excluding carboxylic acids is 2. The number of rotatable bonds is 5. The molecule has 1 aliphatic rings. The molecule has 0 atom stereocenters. The van der Waals surface area contributed by atoms with Crippen molar-refractivity contribution in [1.82, 2.24) is 20.2 Å². The van der Waals surface area contributed by atoms with Crippen molar-refractivity contribution >= 4 is 17.6 Å². The van der Waals surface area contributed by atoms with Crippen molar-refractivity contribution in [2.75, 3.05) is 19.1 Å². The molecule has 0 spiro atoms. The SMILES string of the molecule is COC(=O)C1=C(C(=O)OC)N(c2cc(OO)cc(-n3cnnn3)c2)C=CC=C1. The fourth-order valence-corrected chi connectivity index (χ4v) is 2.54. The standard InChI is InChI=1S/C17H15N5O6/c1-26-16(23)14-5-3-4-6-21(15(14)17(24)27-2)11-7-12(9-13(8-11)28-25)22-10-18-19-20-22/h3-10,25H,1-2H3. The van der Waals surface area contributed by atoms with Crippen LogP contribution in [0.4, 0.5) is 5.69 Å². The van der Waals surface area contributed by atoms with Crippen molar-refractivity contribution in [1.29, 1.82) is 0 Å². The molecule has 3 rings (SSSR count). The van der Waals surface area contributed by atoms with Gasteiger partial charge >= 0.3 is 11.9 Å². The van der Waals surface area contributed by atoms with E-state index in [4.69, 9.17) is 14.7 Å². The van der Waals surface area contributed by atoms with Gasteiger partial charge in [0.15, 0.2) is 5.75 Å². The molecule has 0 amide bonds. The van der Waals surface area contributed by atoms with Gasteiger partial charge in [0, 0.05) is 18.3 Å². The molecule has 2 aromatic rings. The number of methoxy groups -OCH3 is 2. The number of aromatic nitrogens is 4. The molecule has 0 bridgehead atoms. The van der Waals surface area contributed by atoms with E-state index in [0.717, 1.165) is 0 Å². The lowest BCUT2D eigenvalue weighted by atomic mass is 10.1. The minimum absolute atomic E-state index is 0.0151. The predicted molar refractivity (Wildman–Crippen MR) is 94.2 cm³/mol. The third kappa shape index (κ3) is 3.59. The molecule has 144 valence electrons. The van der Waals surface area contributed by atoms with Crippen LogP contribution in [0.25, 0.3) is 5.69 Å². The quantitative estimate of drug-likeness (QED) is 0.452. The normalized spacial score (nSPS) is 13.3. The summed E-state index contributed by atoms with van der Waals surface area (Å²) in [5.41, 5.74) is 0.690. The smallest absolute Gasteiger partial charge is 0.355 e. The molecule has 1 aromatic carbocycles. The molecule has 0 fully saturated rings. The van der Waals surface area contributed by atoms with E-state index in [2.05, 4.69) is 20.4 Å². The van der Waals surface area contributed by atoms with Crippen molar-refractivity contribution in [3.05, 3.63) is 60.2 Å². The van der Waals surface area contributed by atoms with E-state index in [1.807, 2.05) is 0 Å². The zero-order valence-corrected chi connectivity index (χ0v) is 14.8. The van der Waals surface area contributed by atoms with E-state index in [1.165, 1.54) is 48.3 Å². The number of benzene rings is 1. The van der Waals surface area contributed by atoms with Gasteiger partial charge in [-0.3, -0.25) is 0 Å². The highest BCUT2D eigenvalue weighted by Crippen LogP contribution is 2.31. The Labute approximate surface area is 158 Å². The van der Waals surface area contributed by atoms with E-state index in [9.17, 15) is 9.59 Å². The second kappa shape index (κ2) is 8.14. The molecular formula is C17H15N5O6. The maximum absolute atomic E-state index is 12.5. The molecular weight excluding hydrogens is 370 g/mol. The Morgan fingerprint density at radius 3 is 2.43 bits per heavy atom. The molecule has 0 aliphatic carbocycles. The van der Waals surface area contributed by atoms with Crippen LogP contribution in [0.1, 0.15) is 0 Å². The highest BCUT2D eigenvalue weighted by atomic mass is 17.1. The Morgan fingerprint density at radius 1 is 1.04 bits per heavy atom. The molecule has 0 unspecified atom stereocenters. The molecule has 0 saturated heterocycles. The molecule has 11 heteroatoms. The van der Waals surface area contributed by atoms with E-state index in [-0.39, 0.29) is 17.0 Å². The maximum Gasteiger partial charge on any atom is 0.355 e. The lowest BCUT2D eigenvalue weighted by Gasteiger charge is -2.23. The van der Waals surface area contributed by atoms with Crippen LogP contribution < -0.4 is 9.79 Å². The second-order valence-corrected chi connectivity index (χ2v) is 5.35. The number of tetrazole rings is 1. The number of allylic oxidation sites excluding steroid dienone is 2. The van der Waals surface area contributed by atoms with Crippen LogP contribution >= 0.6 is 0 Å². The fourth-order valence-electron chi connectivity index (χ4n) is 2.54. The molecule has 28 heavy (non-hydrogen) atoms. The van der Waals surface area contributed by atoms with Gasteiger partial charge in [-0.05, 0) is 28.6 Å². The number of esters is 2. The van der Waals surface area contributed by atoms with Gasteiger partial charge in [-0.1, -0.05) is 6.08 Å². The first-order chi connectivity index (χ1) is 13.6. The third-order valence-corrected chi connectivity index (χ3v) is 3.76. The zero-order chi connectivity index (χ0) is 20.1. The van der Waals surface area contributed by atoms with Crippen molar-refractivity contribution in [2.24, 2.45) is 0 Å². The first-order valence-corrected chi connectivity index (χ1v) is 7.84. The summed E-state index contributed by atoms with van der Waals surface area (Å²) in [5.74, 6) is -1.44. The van der Waals surface area contributed by atoms with Gasteiger partial charge in [-0.15, -0.1) is 5.10 Å². The second-order valence-electron chi connectivity index (χ2n) is 5.35. The summed E-state index contributed by atoms with van der Waals surface area (Å²) in [7, 11) is 2.40. The van der Waals surface area contributed by atoms with Crippen LogP contribution in [0.2, 0.25) is 0 Å². The van der Waals surface area contributed by atoms with Crippen LogP contribution in [0.5, 0.6) is 5.75 Å². The Balaban J connectivity index is 2.21. The van der Waals surface area contributed by atoms with E-state index < -0.39 is 11.9 Å². The van der Waals surface area contributed by atoms with Gasteiger partial charge in [0.05, 0.1) is 31.2 Å². The predicted octanol–water partition coefficient (Wildman–Crippen LogP) is 1.00. The number of hydrogen-bond donors (Lipinski definition) is 1. The topological polar surface area (TPSA) is 129 Å². The van der Waals surface area contributed by atoms with E-state index in [0.29, 0.717) is 11.4 Å². The van der Waals surface area contributed by atoms with Gasteiger partial charge in [-0.25, -0.2) is 19.5 Å². The summed E-state index contributed by atoms with van der Waals surface area (Å²) < 4.78 is 11.0. The number of carbonyl (C=O) groups is 2. The number of nitrogens with zero attached hydrogens (tertiary/aromatic N) is 5. The van der Waals surface area contributed by atoms with Crippen molar-refractivity contribution in [3.8, 4) is 11.4 Å². The van der Waals surface area contributed by atoms with Gasteiger partial charge in [0.2, 0.25) is 0 Å².